The number of thiazole rings is 1. The average molecular weight is 382 g/mol. The molecule has 0 bridgehead atoms. The van der Waals surface area contributed by atoms with Gasteiger partial charge in [-0.2, -0.15) is 0 Å². The van der Waals surface area contributed by atoms with Gasteiger partial charge in [-0.3, -0.25) is 10.1 Å². The van der Waals surface area contributed by atoms with Crippen LogP contribution >= 0.6 is 11.3 Å². The number of hydrogen-bond acceptors (Lipinski definition) is 5. The van der Waals surface area contributed by atoms with Crippen molar-refractivity contribution in [2.24, 2.45) is 0 Å². The third-order valence-corrected chi connectivity index (χ3v) is 5.70. The maximum Gasteiger partial charge on any atom is 0.257 e. The van der Waals surface area contributed by atoms with Crippen LogP contribution < -0.4 is 10.0 Å². The fourth-order valence-electron chi connectivity index (χ4n) is 2.03. The molecule has 2 rings (SSSR count). The van der Waals surface area contributed by atoms with Crippen LogP contribution in [0.15, 0.2) is 34.5 Å². The molecular weight excluding hydrogens is 358 g/mol. The minimum atomic E-state index is -3.65. The van der Waals surface area contributed by atoms with Gasteiger partial charge in [0.15, 0.2) is 5.13 Å². The lowest BCUT2D eigenvalue weighted by molar-refractivity contribution is 0.102. The standard InChI is InChI=1S/C17H23N3O3S2/c1-11(2)20-25(22,23)13-8-6-7-12(9-13)15(21)19-16-18-14(10-24-16)17(3,4)5/h6-11,20H,1-5H3,(H,18,19,21). The van der Waals surface area contributed by atoms with Gasteiger partial charge in [0, 0.05) is 22.4 Å². The van der Waals surface area contributed by atoms with E-state index in [9.17, 15) is 13.2 Å². The number of nitrogens with zero attached hydrogens (tertiary/aromatic N) is 1. The summed E-state index contributed by atoms with van der Waals surface area (Å²) >= 11 is 1.34. The highest BCUT2D eigenvalue weighted by Crippen LogP contribution is 2.26. The summed E-state index contributed by atoms with van der Waals surface area (Å²) in [5.41, 5.74) is 1.06. The van der Waals surface area contributed by atoms with Crippen molar-refractivity contribution < 1.29 is 13.2 Å². The molecule has 1 amide bonds. The van der Waals surface area contributed by atoms with E-state index in [4.69, 9.17) is 0 Å². The van der Waals surface area contributed by atoms with Crippen molar-refractivity contribution >= 4 is 32.4 Å². The van der Waals surface area contributed by atoms with E-state index in [1.54, 1.807) is 26.0 Å². The first kappa shape index (κ1) is 19.6. The van der Waals surface area contributed by atoms with Crippen LogP contribution in [0.2, 0.25) is 0 Å². The van der Waals surface area contributed by atoms with Crippen LogP contribution in [0.3, 0.4) is 0 Å². The van der Waals surface area contributed by atoms with Crippen LogP contribution in [0.4, 0.5) is 5.13 Å². The molecule has 1 aromatic carbocycles. The van der Waals surface area contributed by atoms with E-state index in [2.05, 4.69) is 15.0 Å². The number of nitrogens with one attached hydrogen (secondary N) is 2. The van der Waals surface area contributed by atoms with Gasteiger partial charge in [0.05, 0.1) is 10.6 Å². The predicted octanol–water partition coefficient (Wildman–Crippen LogP) is 3.38. The van der Waals surface area contributed by atoms with E-state index in [0.29, 0.717) is 5.13 Å². The first-order chi connectivity index (χ1) is 11.5. The first-order valence-corrected chi connectivity index (χ1v) is 10.2. The van der Waals surface area contributed by atoms with Gasteiger partial charge in [0.2, 0.25) is 10.0 Å². The molecule has 0 aliphatic carbocycles. The molecule has 8 heteroatoms. The molecule has 136 valence electrons. The third-order valence-electron chi connectivity index (χ3n) is 3.29. The van der Waals surface area contributed by atoms with E-state index in [1.165, 1.54) is 23.5 Å². The number of rotatable bonds is 5. The molecule has 0 aliphatic heterocycles. The Bertz CT molecular complexity index is 865. The number of amides is 1. The van der Waals surface area contributed by atoms with Crippen LogP contribution in [0.1, 0.15) is 50.7 Å². The van der Waals surface area contributed by atoms with Crippen LogP contribution in [0.25, 0.3) is 0 Å². The normalized spacial score (nSPS) is 12.4. The second kappa shape index (κ2) is 7.23. The Hall–Kier alpha value is -1.77. The van der Waals surface area contributed by atoms with Crippen molar-refractivity contribution in [1.29, 1.82) is 0 Å². The number of hydrogen-bond donors (Lipinski definition) is 2. The molecule has 1 aromatic heterocycles. The van der Waals surface area contributed by atoms with Crippen LogP contribution in [-0.4, -0.2) is 25.4 Å². The Balaban J connectivity index is 2.20. The zero-order chi connectivity index (χ0) is 18.8. The first-order valence-electron chi connectivity index (χ1n) is 7.89. The summed E-state index contributed by atoms with van der Waals surface area (Å²) in [6.07, 6.45) is 0. The van der Waals surface area contributed by atoms with Crippen molar-refractivity contribution in [2.75, 3.05) is 5.32 Å². The molecule has 0 atom stereocenters. The van der Waals surface area contributed by atoms with Crippen molar-refractivity contribution in [3.63, 3.8) is 0 Å². The molecule has 1 heterocycles. The molecule has 2 N–H and O–H groups in total. The Morgan fingerprint density at radius 1 is 1.24 bits per heavy atom. The quantitative estimate of drug-likeness (QED) is 0.831. The predicted molar refractivity (Wildman–Crippen MR) is 101 cm³/mol. The molecule has 0 saturated heterocycles. The molecule has 0 spiro atoms. The monoisotopic (exact) mass is 381 g/mol. The summed E-state index contributed by atoms with van der Waals surface area (Å²) < 4.78 is 27.0. The Kier molecular flexibility index (Phi) is 5.65. The number of carbonyl (C=O) groups excluding carboxylic acids is 1. The second-order valence-corrected chi connectivity index (χ2v) is 9.62. The number of aromatic nitrogens is 1. The zero-order valence-corrected chi connectivity index (χ0v) is 16.6. The fraction of sp³-hybridized carbons (Fsp3) is 0.412. The van der Waals surface area contributed by atoms with Gasteiger partial charge in [0.25, 0.3) is 5.91 Å². The highest BCUT2D eigenvalue weighted by atomic mass is 32.2. The molecule has 0 saturated carbocycles. The topological polar surface area (TPSA) is 88.2 Å². The van der Waals surface area contributed by atoms with Crippen molar-refractivity contribution in [3.05, 3.63) is 40.9 Å². The maximum atomic E-state index is 12.4. The van der Waals surface area contributed by atoms with E-state index in [0.717, 1.165) is 5.69 Å². The smallest absolute Gasteiger partial charge is 0.257 e. The minimum Gasteiger partial charge on any atom is -0.298 e. The van der Waals surface area contributed by atoms with Gasteiger partial charge < -0.3 is 0 Å². The molecule has 0 aliphatic rings. The summed E-state index contributed by atoms with van der Waals surface area (Å²) in [4.78, 5) is 16.9. The summed E-state index contributed by atoms with van der Waals surface area (Å²) in [7, 11) is -3.65. The SMILES string of the molecule is CC(C)NS(=O)(=O)c1cccc(C(=O)Nc2nc(C(C)(C)C)cs2)c1. The van der Waals surface area contributed by atoms with E-state index < -0.39 is 15.9 Å². The van der Waals surface area contributed by atoms with Crippen LogP contribution in [0.5, 0.6) is 0 Å². The Morgan fingerprint density at radius 3 is 2.48 bits per heavy atom. The Morgan fingerprint density at radius 2 is 1.92 bits per heavy atom. The molecule has 25 heavy (non-hydrogen) atoms. The molecule has 0 radical (unpaired) electrons. The highest BCUT2D eigenvalue weighted by Gasteiger charge is 2.20. The van der Waals surface area contributed by atoms with Crippen LogP contribution in [-0.2, 0) is 15.4 Å². The number of benzene rings is 1. The summed E-state index contributed by atoms with van der Waals surface area (Å²) in [5.74, 6) is -0.392. The largest absolute Gasteiger partial charge is 0.298 e. The lowest BCUT2D eigenvalue weighted by Gasteiger charge is -2.14. The third kappa shape index (κ3) is 5.10. The van der Waals surface area contributed by atoms with Gasteiger partial charge in [-0.25, -0.2) is 18.1 Å². The number of sulfonamides is 1. The van der Waals surface area contributed by atoms with Crippen molar-refractivity contribution in [1.82, 2.24) is 9.71 Å². The second-order valence-electron chi connectivity index (χ2n) is 7.05. The minimum absolute atomic E-state index is 0.0587. The van der Waals surface area contributed by atoms with Gasteiger partial charge >= 0.3 is 0 Å². The lowest BCUT2D eigenvalue weighted by Crippen LogP contribution is -2.30. The van der Waals surface area contributed by atoms with Gasteiger partial charge in [0.1, 0.15) is 0 Å². The maximum absolute atomic E-state index is 12.4. The Labute approximate surface area is 152 Å². The van der Waals surface area contributed by atoms with Gasteiger partial charge in [-0.05, 0) is 32.0 Å². The summed E-state index contributed by atoms with van der Waals surface area (Å²) in [6, 6.07) is 5.71. The lowest BCUT2D eigenvalue weighted by atomic mass is 9.93. The molecule has 2 aromatic rings. The molecule has 0 unspecified atom stereocenters. The van der Waals surface area contributed by atoms with Crippen molar-refractivity contribution in [3.8, 4) is 0 Å². The fourth-order valence-corrected chi connectivity index (χ4v) is 4.26. The summed E-state index contributed by atoms with van der Waals surface area (Å²) in [6.45, 7) is 9.61. The van der Waals surface area contributed by atoms with E-state index in [-0.39, 0.29) is 21.9 Å². The van der Waals surface area contributed by atoms with E-state index in [1.807, 2.05) is 26.2 Å². The highest BCUT2D eigenvalue weighted by molar-refractivity contribution is 7.89. The molecule has 6 nitrogen and oxygen atoms in total. The van der Waals surface area contributed by atoms with E-state index >= 15 is 0 Å². The molecule has 0 fully saturated rings. The van der Waals surface area contributed by atoms with Gasteiger partial charge in [-0.15, -0.1) is 11.3 Å². The summed E-state index contributed by atoms with van der Waals surface area (Å²) in [5, 5.41) is 5.12. The van der Waals surface area contributed by atoms with Gasteiger partial charge in [-0.1, -0.05) is 26.8 Å². The van der Waals surface area contributed by atoms with Crippen LogP contribution in [0, 0.1) is 0 Å². The number of anilines is 1. The zero-order valence-electron chi connectivity index (χ0n) is 15.0. The van der Waals surface area contributed by atoms with Crippen molar-refractivity contribution in [2.45, 2.75) is 51.0 Å². The average Bonchev–Trinajstić information content (AvgIpc) is 2.94. The molecular formula is C17H23N3O3S2. The number of carbonyl (C=O) groups is 1.